The summed E-state index contributed by atoms with van der Waals surface area (Å²) in [5.74, 6) is -0.960. The van der Waals surface area contributed by atoms with Crippen molar-refractivity contribution in [2.24, 2.45) is 0 Å². The Morgan fingerprint density at radius 2 is 1.68 bits per heavy atom. The van der Waals surface area contributed by atoms with Gasteiger partial charge in [-0.1, -0.05) is 12.1 Å². The van der Waals surface area contributed by atoms with Crippen LogP contribution < -0.4 is 5.32 Å². The molecule has 2 aromatic carbocycles. The number of rotatable bonds is 3. The van der Waals surface area contributed by atoms with Crippen LogP contribution in [0.25, 0.3) is 11.1 Å². The molecule has 2 aliphatic heterocycles. The molecule has 2 bridgehead atoms. The Morgan fingerprint density at radius 1 is 1.04 bits per heavy atom. The highest BCUT2D eigenvalue weighted by molar-refractivity contribution is 5.95. The van der Waals surface area contributed by atoms with Gasteiger partial charge in [-0.25, -0.2) is 8.78 Å². The number of halogens is 3. The van der Waals surface area contributed by atoms with E-state index in [9.17, 15) is 13.6 Å². The Labute approximate surface area is 170 Å². The number of benzene rings is 2. The topological polar surface area (TPSA) is 32.3 Å². The van der Waals surface area contributed by atoms with E-state index in [1.807, 2.05) is 7.05 Å². The Morgan fingerprint density at radius 3 is 2.29 bits per heavy atom. The van der Waals surface area contributed by atoms with Gasteiger partial charge in [0.25, 0.3) is 5.91 Å². The molecule has 0 aliphatic carbocycles. The van der Waals surface area contributed by atoms with Crippen LogP contribution in [0.2, 0.25) is 0 Å². The molecule has 2 aromatic rings. The largest absolute Gasteiger partial charge is 0.339 e. The second-order valence-corrected chi connectivity index (χ2v) is 7.83. The molecule has 1 amide bonds. The maximum Gasteiger partial charge on any atom is 0.253 e. The van der Waals surface area contributed by atoms with Crippen LogP contribution in [0, 0.1) is 18.6 Å². The van der Waals surface area contributed by atoms with Gasteiger partial charge >= 0.3 is 0 Å². The van der Waals surface area contributed by atoms with Crippen LogP contribution in [0.5, 0.6) is 0 Å². The summed E-state index contributed by atoms with van der Waals surface area (Å²) in [6.07, 6.45) is 4.25. The number of nitrogens with one attached hydrogen (secondary N) is 1. The monoisotopic (exact) mass is 406 g/mol. The van der Waals surface area contributed by atoms with E-state index >= 15 is 0 Å². The number of carbonyl (C=O) groups excluding carboxylic acids is 1. The molecule has 0 spiro atoms. The lowest BCUT2D eigenvalue weighted by Gasteiger charge is -2.35. The highest BCUT2D eigenvalue weighted by Gasteiger charge is 2.36. The average Bonchev–Trinajstić information content (AvgIpc) is 2.99. The molecule has 1 N–H and O–H groups in total. The zero-order valence-corrected chi connectivity index (χ0v) is 16.9. The number of aryl methyl sites for hydroxylation is 1. The van der Waals surface area contributed by atoms with Crippen molar-refractivity contribution >= 4 is 18.3 Å². The summed E-state index contributed by atoms with van der Waals surface area (Å²) in [7, 11) is 1.81. The van der Waals surface area contributed by atoms with E-state index < -0.39 is 5.82 Å². The van der Waals surface area contributed by atoms with Crippen molar-refractivity contribution in [3.63, 3.8) is 0 Å². The van der Waals surface area contributed by atoms with Gasteiger partial charge in [-0.05, 0) is 68.0 Å². The molecule has 6 heteroatoms. The van der Waals surface area contributed by atoms with Gasteiger partial charge in [-0.2, -0.15) is 0 Å². The molecule has 2 heterocycles. The van der Waals surface area contributed by atoms with Gasteiger partial charge in [0.15, 0.2) is 0 Å². The predicted molar refractivity (Wildman–Crippen MR) is 109 cm³/mol. The summed E-state index contributed by atoms with van der Waals surface area (Å²) in [6.45, 7) is 1.75. The maximum absolute atomic E-state index is 14.7. The Balaban J connectivity index is 0.00000225. The van der Waals surface area contributed by atoms with E-state index in [0.717, 1.165) is 12.8 Å². The Hall–Kier alpha value is -1.98. The van der Waals surface area contributed by atoms with Crippen LogP contribution in [0.1, 0.15) is 41.6 Å². The fraction of sp³-hybridized carbons (Fsp3) is 0.409. The molecular weight excluding hydrogens is 382 g/mol. The van der Waals surface area contributed by atoms with Crippen molar-refractivity contribution in [1.82, 2.24) is 10.2 Å². The van der Waals surface area contributed by atoms with Gasteiger partial charge in [0.2, 0.25) is 0 Å². The third kappa shape index (κ3) is 3.91. The molecule has 2 unspecified atom stereocenters. The molecule has 4 rings (SSSR count). The molecule has 2 saturated heterocycles. The Kier molecular flexibility index (Phi) is 6.06. The highest BCUT2D eigenvalue weighted by Crippen LogP contribution is 2.31. The van der Waals surface area contributed by atoms with Crippen molar-refractivity contribution in [2.75, 3.05) is 7.05 Å². The second kappa shape index (κ2) is 8.18. The number of carbonyl (C=O) groups is 1. The zero-order valence-electron chi connectivity index (χ0n) is 16.0. The van der Waals surface area contributed by atoms with Crippen molar-refractivity contribution < 1.29 is 13.6 Å². The average molecular weight is 407 g/mol. The van der Waals surface area contributed by atoms with E-state index in [2.05, 4.69) is 5.32 Å². The number of fused-ring (bicyclic) bond motifs is 2. The van der Waals surface area contributed by atoms with E-state index in [-0.39, 0.29) is 30.2 Å². The number of hydrogen-bond acceptors (Lipinski definition) is 2. The summed E-state index contributed by atoms with van der Waals surface area (Å²) in [5, 5.41) is 3.57. The quantitative estimate of drug-likeness (QED) is 0.800. The van der Waals surface area contributed by atoms with E-state index in [1.54, 1.807) is 30.0 Å². The first-order valence-electron chi connectivity index (χ1n) is 9.51. The molecule has 3 nitrogen and oxygen atoms in total. The third-order valence-electron chi connectivity index (χ3n) is 6.01. The SMILES string of the molecule is Cc1cc(F)ccc1-c1ccc(C(=O)N(C)C2CC3CCC(C2)N3)cc1F.Cl. The highest BCUT2D eigenvalue weighted by atomic mass is 35.5. The number of hydrogen-bond donors (Lipinski definition) is 1. The zero-order chi connectivity index (χ0) is 19.1. The molecule has 0 saturated carbocycles. The van der Waals surface area contributed by atoms with E-state index in [1.165, 1.54) is 31.0 Å². The standard InChI is InChI=1S/C22H24F2N2O.ClH/c1-13-9-15(23)4-8-19(13)20-7-3-14(10-21(20)24)22(27)26(2)18-11-16-5-6-17(12-18)25-16;/h3-4,7-10,16-18,25H,5-6,11-12H2,1-2H3;1H. The molecule has 2 atom stereocenters. The van der Waals surface area contributed by atoms with Crippen molar-refractivity contribution in [1.29, 1.82) is 0 Å². The summed E-state index contributed by atoms with van der Waals surface area (Å²) in [5.41, 5.74) is 2.03. The first-order chi connectivity index (χ1) is 12.9. The van der Waals surface area contributed by atoms with Crippen LogP contribution in [-0.4, -0.2) is 36.0 Å². The van der Waals surface area contributed by atoms with Gasteiger partial charge in [0.1, 0.15) is 11.6 Å². The first-order valence-corrected chi connectivity index (χ1v) is 9.51. The minimum atomic E-state index is -0.464. The number of amides is 1. The molecule has 150 valence electrons. The lowest BCUT2D eigenvalue weighted by molar-refractivity contribution is 0.0681. The van der Waals surface area contributed by atoms with Crippen LogP contribution in [-0.2, 0) is 0 Å². The van der Waals surface area contributed by atoms with E-state index in [0.29, 0.717) is 34.3 Å². The van der Waals surface area contributed by atoms with Gasteiger partial charge in [-0.3, -0.25) is 4.79 Å². The maximum atomic E-state index is 14.7. The smallest absolute Gasteiger partial charge is 0.253 e. The van der Waals surface area contributed by atoms with Crippen LogP contribution in [0.15, 0.2) is 36.4 Å². The second-order valence-electron chi connectivity index (χ2n) is 7.83. The summed E-state index contributed by atoms with van der Waals surface area (Å²) in [6, 6.07) is 10.0. The third-order valence-corrected chi connectivity index (χ3v) is 6.01. The van der Waals surface area contributed by atoms with Gasteiger partial charge in [0, 0.05) is 36.3 Å². The van der Waals surface area contributed by atoms with Crippen LogP contribution >= 0.6 is 12.4 Å². The number of piperidine rings is 1. The van der Waals surface area contributed by atoms with Crippen LogP contribution in [0.3, 0.4) is 0 Å². The van der Waals surface area contributed by atoms with Crippen molar-refractivity contribution in [2.45, 2.75) is 50.7 Å². The van der Waals surface area contributed by atoms with Crippen LogP contribution in [0.4, 0.5) is 8.78 Å². The summed E-state index contributed by atoms with van der Waals surface area (Å²) in [4.78, 5) is 14.6. The molecule has 0 aromatic heterocycles. The minimum absolute atomic E-state index is 0. The van der Waals surface area contributed by atoms with Gasteiger partial charge < -0.3 is 10.2 Å². The van der Waals surface area contributed by atoms with Gasteiger partial charge in [0.05, 0.1) is 0 Å². The fourth-order valence-electron chi connectivity index (χ4n) is 4.51. The minimum Gasteiger partial charge on any atom is -0.339 e. The summed E-state index contributed by atoms with van der Waals surface area (Å²) < 4.78 is 28.1. The van der Waals surface area contributed by atoms with Crippen molar-refractivity contribution in [3.05, 3.63) is 59.2 Å². The molecule has 2 aliphatic rings. The molecule has 2 fully saturated rings. The lowest BCUT2D eigenvalue weighted by Crippen LogP contribution is -2.48. The molecule has 0 radical (unpaired) electrons. The van der Waals surface area contributed by atoms with Gasteiger partial charge in [-0.15, -0.1) is 12.4 Å². The normalized spacial score (nSPS) is 23.2. The number of nitrogens with zero attached hydrogens (tertiary/aromatic N) is 1. The molecular formula is C22H25ClF2N2O. The van der Waals surface area contributed by atoms with Crippen molar-refractivity contribution in [3.8, 4) is 11.1 Å². The van der Waals surface area contributed by atoms with E-state index in [4.69, 9.17) is 0 Å². The first kappa shape index (κ1) is 20.7. The predicted octanol–water partition coefficient (Wildman–Crippen LogP) is 4.72. The molecule has 28 heavy (non-hydrogen) atoms. The lowest BCUT2D eigenvalue weighted by atomic mass is 9.96. The fourth-order valence-corrected chi connectivity index (χ4v) is 4.51. The summed E-state index contributed by atoms with van der Waals surface area (Å²) >= 11 is 0. The Bertz CT molecular complexity index is 877.